The van der Waals surface area contributed by atoms with Crippen molar-refractivity contribution in [3.8, 4) is 0 Å². The van der Waals surface area contributed by atoms with E-state index in [4.69, 9.17) is 0 Å². The molecule has 7 heteroatoms. The molecule has 1 fully saturated rings. The highest BCUT2D eigenvalue weighted by molar-refractivity contribution is 9.10. The van der Waals surface area contributed by atoms with E-state index in [-0.39, 0.29) is 5.25 Å². The summed E-state index contributed by atoms with van der Waals surface area (Å²) in [7, 11) is 1.80. The summed E-state index contributed by atoms with van der Waals surface area (Å²) in [6.45, 7) is 0. The number of nitrogens with zero attached hydrogens (tertiary/aromatic N) is 3. The molecular weight excluding hydrogens is 298 g/mol. The molecule has 0 radical (unpaired) electrons. The number of rotatable bonds is 2. The molecule has 15 heavy (non-hydrogen) atoms. The van der Waals surface area contributed by atoms with Crippen molar-refractivity contribution >= 4 is 39.5 Å². The summed E-state index contributed by atoms with van der Waals surface area (Å²) in [5, 5.41) is 18.2. The Balaban J connectivity index is 2.15. The van der Waals surface area contributed by atoms with Gasteiger partial charge in [-0.25, -0.2) is 4.68 Å². The average Bonchev–Trinajstić information content (AvgIpc) is 2.59. The van der Waals surface area contributed by atoms with E-state index in [1.807, 2.05) is 23.5 Å². The predicted molar refractivity (Wildman–Crippen MR) is 67.2 cm³/mol. The summed E-state index contributed by atoms with van der Waals surface area (Å²) in [5.41, 5.74) is 0.773. The fraction of sp³-hybridized carbons (Fsp3) is 0.750. The Morgan fingerprint density at radius 1 is 1.60 bits per heavy atom. The van der Waals surface area contributed by atoms with Gasteiger partial charge in [0.1, 0.15) is 11.8 Å². The third-order valence-corrected chi connectivity index (χ3v) is 5.72. The molecule has 2 unspecified atom stereocenters. The van der Waals surface area contributed by atoms with Crippen LogP contribution < -0.4 is 0 Å². The number of aromatic nitrogens is 3. The maximum absolute atomic E-state index is 10.2. The van der Waals surface area contributed by atoms with Crippen LogP contribution in [0.3, 0.4) is 0 Å². The van der Waals surface area contributed by atoms with Crippen LogP contribution in [0.15, 0.2) is 4.60 Å². The third-order valence-electron chi connectivity index (χ3n) is 2.30. The Bertz CT molecular complexity index is 321. The zero-order valence-corrected chi connectivity index (χ0v) is 11.5. The molecule has 1 aliphatic heterocycles. The highest BCUT2D eigenvalue weighted by atomic mass is 79.9. The van der Waals surface area contributed by atoms with Crippen LogP contribution in [-0.2, 0) is 7.05 Å². The van der Waals surface area contributed by atoms with Crippen LogP contribution in [-0.4, -0.2) is 42.6 Å². The molecule has 0 amide bonds. The fourth-order valence-electron chi connectivity index (χ4n) is 1.52. The van der Waals surface area contributed by atoms with Crippen molar-refractivity contribution in [2.24, 2.45) is 7.05 Å². The number of halogens is 1. The lowest BCUT2D eigenvalue weighted by Crippen LogP contribution is -2.24. The molecule has 84 valence electrons. The lowest BCUT2D eigenvalue weighted by atomic mass is 10.2. The molecule has 2 heterocycles. The molecule has 2 atom stereocenters. The van der Waals surface area contributed by atoms with E-state index in [0.717, 1.165) is 17.2 Å². The molecule has 1 aliphatic rings. The summed E-state index contributed by atoms with van der Waals surface area (Å²) >= 11 is 7.03. The Morgan fingerprint density at radius 2 is 2.40 bits per heavy atom. The van der Waals surface area contributed by atoms with Gasteiger partial charge in [0, 0.05) is 29.6 Å². The van der Waals surface area contributed by atoms with Gasteiger partial charge in [0.05, 0.1) is 0 Å². The van der Waals surface area contributed by atoms with Gasteiger partial charge in [-0.3, -0.25) is 0 Å². The Kier molecular flexibility index (Phi) is 3.98. The maximum Gasteiger partial charge on any atom is 0.154 e. The van der Waals surface area contributed by atoms with Gasteiger partial charge < -0.3 is 5.11 Å². The SMILES string of the molecule is Cn1nnc(Br)c1C(O)C1CSCCS1. The van der Waals surface area contributed by atoms with Crippen molar-refractivity contribution in [2.45, 2.75) is 11.4 Å². The monoisotopic (exact) mass is 309 g/mol. The molecule has 1 aromatic heterocycles. The molecule has 0 saturated carbocycles. The van der Waals surface area contributed by atoms with Crippen LogP contribution in [0.1, 0.15) is 11.8 Å². The number of thioether (sulfide) groups is 2. The second-order valence-electron chi connectivity index (χ2n) is 3.32. The quantitative estimate of drug-likeness (QED) is 0.896. The zero-order valence-electron chi connectivity index (χ0n) is 8.26. The first-order valence-electron chi connectivity index (χ1n) is 4.62. The third kappa shape index (κ3) is 2.51. The minimum atomic E-state index is -0.489. The summed E-state index contributed by atoms with van der Waals surface area (Å²) in [5.74, 6) is 3.28. The molecule has 1 saturated heterocycles. The van der Waals surface area contributed by atoms with E-state index >= 15 is 0 Å². The van der Waals surface area contributed by atoms with Crippen molar-refractivity contribution in [3.63, 3.8) is 0 Å². The topological polar surface area (TPSA) is 50.9 Å². The number of aliphatic hydroxyl groups is 1. The summed E-state index contributed by atoms with van der Waals surface area (Å²) < 4.78 is 2.28. The second kappa shape index (κ2) is 5.07. The van der Waals surface area contributed by atoms with Gasteiger partial charge in [-0.15, -0.1) is 5.10 Å². The van der Waals surface area contributed by atoms with Crippen molar-refractivity contribution in [1.29, 1.82) is 0 Å². The Morgan fingerprint density at radius 3 is 2.93 bits per heavy atom. The minimum Gasteiger partial charge on any atom is -0.386 e. The zero-order chi connectivity index (χ0) is 10.8. The Hall–Kier alpha value is 0.280. The van der Waals surface area contributed by atoms with Crippen molar-refractivity contribution in [3.05, 3.63) is 10.3 Å². The van der Waals surface area contributed by atoms with Crippen LogP contribution in [0.5, 0.6) is 0 Å². The molecule has 0 aromatic carbocycles. The van der Waals surface area contributed by atoms with Gasteiger partial charge in [-0.2, -0.15) is 23.5 Å². The van der Waals surface area contributed by atoms with E-state index in [9.17, 15) is 5.11 Å². The molecule has 4 nitrogen and oxygen atoms in total. The van der Waals surface area contributed by atoms with Gasteiger partial charge in [0.25, 0.3) is 0 Å². The Labute approximate surface area is 105 Å². The van der Waals surface area contributed by atoms with Crippen LogP contribution in [0, 0.1) is 0 Å². The molecule has 0 aliphatic carbocycles. The van der Waals surface area contributed by atoms with E-state index in [1.54, 1.807) is 11.7 Å². The van der Waals surface area contributed by atoms with Crippen LogP contribution in [0.2, 0.25) is 0 Å². The lowest BCUT2D eigenvalue weighted by Gasteiger charge is -2.25. The van der Waals surface area contributed by atoms with E-state index in [2.05, 4.69) is 26.2 Å². The van der Waals surface area contributed by atoms with E-state index < -0.39 is 6.10 Å². The van der Waals surface area contributed by atoms with Gasteiger partial charge in [-0.05, 0) is 15.9 Å². The van der Waals surface area contributed by atoms with Gasteiger partial charge in [0.15, 0.2) is 4.60 Å². The summed E-state index contributed by atoms with van der Waals surface area (Å²) in [6, 6.07) is 0. The van der Waals surface area contributed by atoms with Crippen LogP contribution >= 0.6 is 39.5 Å². The summed E-state index contributed by atoms with van der Waals surface area (Å²) in [6.07, 6.45) is -0.489. The molecular formula is C8H12BrN3OS2. The fourth-order valence-corrected chi connectivity index (χ4v) is 4.80. The minimum absolute atomic E-state index is 0.247. The maximum atomic E-state index is 10.2. The summed E-state index contributed by atoms with van der Waals surface area (Å²) in [4.78, 5) is 0. The molecule has 0 bridgehead atoms. The van der Waals surface area contributed by atoms with Gasteiger partial charge in [-0.1, -0.05) is 5.21 Å². The smallest absolute Gasteiger partial charge is 0.154 e. The van der Waals surface area contributed by atoms with E-state index in [0.29, 0.717) is 4.60 Å². The lowest BCUT2D eigenvalue weighted by molar-refractivity contribution is 0.170. The van der Waals surface area contributed by atoms with Crippen molar-refractivity contribution < 1.29 is 5.11 Å². The number of aryl methyl sites for hydroxylation is 1. The van der Waals surface area contributed by atoms with Crippen LogP contribution in [0.4, 0.5) is 0 Å². The largest absolute Gasteiger partial charge is 0.386 e. The highest BCUT2D eigenvalue weighted by Crippen LogP contribution is 2.35. The van der Waals surface area contributed by atoms with Crippen molar-refractivity contribution in [1.82, 2.24) is 15.0 Å². The van der Waals surface area contributed by atoms with E-state index in [1.165, 1.54) is 5.75 Å². The second-order valence-corrected chi connectivity index (χ2v) is 6.57. The standard InChI is InChI=1S/C8H12BrN3OS2/c1-12-6(8(9)10-11-12)7(13)5-4-14-2-3-15-5/h5,7,13H,2-4H2,1H3. The number of hydrogen-bond acceptors (Lipinski definition) is 5. The molecule has 1 aromatic rings. The van der Waals surface area contributed by atoms with Crippen molar-refractivity contribution in [2.75, 3.05) is 17.3 Å². The number of aliphatic hydroxyl groups excluding tert-OH is 1. The first-order valence-corrected chi connectivity index (χ1v) is 7.62. The van der Waals surface area contributed by atoms with Crippen LogP contribution in [0.25, 0.3) is 0 Å². The van der Waals surface area contributed by atoms with Gasteiger partial charge >= 0.3 is 0 Å². The number of hydrogen-bond donors (Lipinski definition) is 1. The first-order chi connectivity index (χ1) is 7.20. The molecule has 2 rings (SSSR count). The van der Waals surface area contributed by atoms with Gasteiger partial charge in [0.2, 0.25) is 0 Å². The molecule has 0 spiro atoms. The highest BCUT2D eigenvalue weighted by Gasteiger charge is 2.28. The first kappa shape index (κ1) is 11.8. The normalized spacial score (nSPS) is 24.1. The average molecular weight is 310 g/mol. The predicted octanol–water partition coefficient (Wildman–Crippen LogP) is 1.46. The molecule has 1 N–H and O–H groups in total.